The molecule has 0 saturated carbocycles. The zero-order valence-electron chi connectivity index (χ0n) is 10.7. The van der Waals surface area contributed by atoms with Crippen LogP contribution < -0.4 is 4.72 Å². The van der Waals surface area contributed by atoms with Crippen LogP contribution in [0.3, 0.4) is 0 Å². The van der Waals surface area contributed by atoms with Crippen molar-refractivity contribution >= 4 is 26.0 Å². The van der Waals surface area contributed by atoms with Gasteiger partial charge >= 0.3 is 5.97 Å². The van der Waals surface area contributed by atoms with Crippen LogP contribution in [0.4, 0.5) is 0 Å². The van der Waals surface area contributed by atoms with Crippen LogP contribution >= 0.6 is 0 Å². The van der Waals surface area contributed by atoms with Crippen LogP contribution in [-0.4, -0.2) is 68.8 Å². The molecule has 0 saturated heterocycles. The first-order valence-corrected chi connectivity index (χ1v) is 8.33. The van der Waals surface area contributed by atoms with Gasteiger partial charge in [0.25, 0.3) is 10.0 Å². The van der Waals surface area contributed by atoms with Gasteiger partial charge in [0.1, 0.15) is 5.56 Å². The molecule has 0 aliphatic carbocycles. The monoisotopic (exact) mass is 326 g/mol. The number of carboxylic acids is 1. The molecule has 0 fully saturated rings. The average Bonchev–Trinajstić information content (AvgIpc) is 2.77. The topological polar surface area (TPSA) is 150 Å². The number of aromatic amines is 1. The summed E-state index contributed by atoms with van der Waals surface area (Å²) < 4.78 is 49.5. The van der Waals surface area contributed by atoms with Crippen molar-refractivity contribution < 1.29 is 26.7 Å². The van der Waals surface area contributed by atoms with Crippen LogP contribution in [0, 0.1) is 0 Å². The Balaban J connectivity index is 2.82. The highest BCUT2D eigenvalue weighted by Crippen LogP contribution is 2.11. The Hall–Kier alpha value is -1.50. The predicted octanol–water partition coefficient (Wildman–Crippen LogP) is -1.72. The van der Waals surface area contributed by atoms with E-state index < -0.39 is 42.4 Å². The van der Waals surface area contributed by atoms with Crippen molar-refractivity contribution in [2.24, 2.45) is 0 Å². The number of carboxylic acid groups (broad SMARTS) is 1. The quantitative estimate of drug-likeness (QED) is 0.539. The molecule has 0 aromatic carbocycles. The Morgan fingerprint density at radius 1 is 1.40 bits per heavy atom. The highest BCUT2D eigenvalue weighted by Gasteiger charge is 2.25. The van der Waals surface area contributed by atoms with Crippen molar-refractivity contribution in [1.29, 1.82) is 0 Å². The molecule has 20 heavy (non-hydrogen) atoms. The first kappa shape index (κ1) is 16.6. The molecule has 1 heterocycles. The largest absolute Gasteiger partial charge is 0.478 e. The summed E-state index contributed by atoms with van der Waals surface area (Å²) in [5, 5.41) is 13.6. The van der Waals surface area contributed by atoms with Crippen molar-refractivity contribution in [2.75, 3.05) is 26.4 Å². The van der Waals surface area contributed by atoms with Crippen LogP contribution in [0.5, 0.6) is 0 Å². The van der Waals surface area contributed by atoms with Gasteiger partial charge < -0.3 is 5.11 Å². The minimum Gasteiger partial charge on any atom is -0.478 e. The minimum absolute atomic E-state index is 0.388. The van der Waals surface area contributed by atoms with E-state index in [0.29, 0.717) is 0 Å². The second-order valence-electron chi connectivity index (χ2n) is 3.91. The molecule has 0 radical (unpaired) electrons. The van der Waals surface area contributed by atoms with Gasteiger partial charge in [-0.2, -0.15) is 5.10 Å². The van der Waals surface area contributed by atoms with E-state index in [2.05, 4.69) is 10.2 Å². The number of aromatic carboxylic acids is 1. The molecule has 1 aromatic heterocycles. The summed E-state index contributed by atoms with van der Waals surface area (Å²) in [4.78, 5) is 10.8. The number of nitrogens with zero attached hydrogens (tertiary/aromatic N) is 2. The van der Waals surface area contributed by atoms with Gasteiger partial charge in [-0.05, 0) is 0 Å². The lowest BCUT2D eigenvalue weighted by molar-refractivity contribution is 0.0692. The summed E-state index contributed by atoms with van der Waals surface area (Å²) >= 11 is 0. The Morgan fingerprint density at radius 3 is 2.50 bits per heavy atom. The number of hydrogen-bond acceptors (Lipinski definition) is 6. The SMILES string of the molecule is CN(C)S(=O)(=O)CCNS(=O)(=O)c1[nH]ncc1C(=O)O. The summed E-state index contributed by atoms with van der Waals surface area (Å²) in [6.45, 7) is -0.388. The molecular formula is C8H14N4O6S2. The fraction of sp³-hybridized carbons (Fsp3) is 0.500. The molecular weight excluding hydrogens is 312 g/mol. The summed E-state index contributed by atoms with van der Waals surface area (Å²) in [5.74, 6) is -1.91. The van der Waals surface area contributed by atoms with E-state index in [-0.39, 0.29) is 6.54 Å². The Bertz CT molecular complexity index is 690. The molecule has 0 unspecified atom stereocenters. The van der Waals surface area contributed by atoms with E-state index >= 15 is 0 Å². The molecule has 0 spiro atoms. The lowest BCUT2D eigenvalue weighted by atomic mass is 10.4. The van der Waals surface area contributed by atoms with Crippen LogP contribution in [0.1, 0.15) is 10.4 Å². The first-order valence-electron chi connectivity index (χ1n) is 5.24. The van der Waals surface area contributed by atoms with Gasteiger partial charge in [-0.3, -0.25) is 5.10 Å². The number of sulfonamides is 2. The molecule has 0 aliphatic heterocycles. The van der Waals surface area contributed by atoms with Crippen molar-refractivity contribution in [3.8, 4) is 0 Å². The summed E-state index contributed by atoms with van der Waals surface area (Å²) in [6, 6.07) is 0. The Labute approximate surface area is 115 Å². The molecule has 12 heteroatoms. The first-order chi connectivity index (χ1) is 9.08. The zero-order chi connectivity index (χ0) is 15.6. The maximum Gasteiger partial charge on any atom is 0.340 e. The molecule has 10 nitrogen and oxygen atoms in total. The molecule has 3 N–H and O–H groups in total. The van der Waals surface area contributed by atoms with E-state index in [1.54, 1.807) is 0 Å². The Morgan fingerprint density at radius 2 is 2.00 bits per heavy atom. The van der Waals surface area contributed by atoms with Gasteiger partial charge in [-0.25, -0.2) is 30.7 Å². The second-order valence-corrected chi connectivity index (χ2v) is 7.92. The number of aromatic nitrogens is 2. The van der Waals surface area contributed by atoms with Crippen LogP contribution in [-0.2, 0) is 20.0 Å². The third kappa shape index (κ3) is 3.75. The van der Waals surface area contributed by atoms with E-state index in [0.717, 1.165) is 10.5 Å². The second kappa shape index (κ2) is 5.87. The molecule has 0 amide bonds. The van der Waals surface area contributed by atoms with E-state index in [9.17, 15) is 21.6 Å². The fourth-order valence-electron chi connectivity index (χ4n) is 1.19. The lowest BCUT2D eigenvalue weighted by Gasteiger charge is -2.11. The number of carbonyl (C=O) groups is 1. The summed E-state index contributed by atoms with van der Waals surface area (Å²) in [5.41, 5.74) is -0.520. The fourth-order valence-corrected chi connectivity index (χ4v) is 3.16. The van der Waals surface area contributed by atoms with Crippen molar-refractivity contribution in [1.82, 2.24) is 19.2 Å². The molecule has 1 rings (SSSR count). The van der Waals surface area contributed by atoms with Crippen molar-refractivity contribution in [3.63, 3.8) is 0 Å². The zero-order valence-corrected chi connectivity index (χ0v) is 12.3. The highest BCUT2D eigenvalue weighted by molar-refractivity contribution is 7.90. The molecule has 0 bridgehead atoms. The van der Waals surface area contributed by atoms with Crippen LogP contribution in [0.2, 0.25) is 0 Å². The summed E-state index contributed by atoms with van der Waals surface area (Å²) in [6.07, 6.45) is 0.855. The van der Waals surface area contributed by atoms with Gasteiger partial charge in [-0.15, -0.1) is 0 Å². The normalized spacial score (nSPS) is 12.8. The van der Waals surface area contributed by atoms with Gasteiger partial charge in [0.15, 0.2) is 5.03 Å². The number of hydrogen-bond donors (Lipinski definition) is 3. The maximum atomic E-state index is 11.8. The summed E-state index contributed by atoms with van der Waals surface area (Å²) in [7, 11) is -5.08. The van der Waals surface area contributed by atoms with E-state index in [1.165, 1.54) is 14.1 Å². The smallest absolute Gasteiger partial charge is 0.340 e. The van der Waals surface area contributed by atoms with Gasteiger partial charge in [0.05, 0.1) is 11.9 Å². The van der Waals surface area contributed by atoms with E-state index in [1.807, 2.05) is 4.72 Å². The highest BCUT2D eigenvalue weighted by atomic mass is 32.2. The number of rotatable bonds is 7. The van der Waals surface area contributed by atoms with Crippen molar-refractivity contribution in [2.45, 2.75) is 5.03 Å². The molecule has 0 aliphatic rings. The minimum atomic E-state index is -4.17. The third-order valence-corrected chi connectivity index (χ3v) is 5.58. The van der Waals surface area contributed by atoms with Crippen molar-refractivity contribution in [3.05, 3.63) is 11.8 Å². The molecule has 1 aromatic rings. The number of H-pyrrole nitrogens is 1. The maximum absolute atomic E-state index is 11.8. The number of nitrogens with one attached hydrogen (secondary N) is 2. The van der Waals surface area contributed by atoms with Crippen LogP contribution in [0.15, 0.2) is 11.2 Å². The molecule has 0 atom stereocenters. The van der Waals surface area contributed by atoms with Gasteiger partial charge in [0, 0.05) is 20.6 Å². The van der Waals surface area contributed by atoms with E-state index in [4.69, 9.17) is 5.11 Å². The lowest BCUT2D eigenvalue weighted by Crippen LogP contribution is -2.34. The van der Waals surface area contributed by atoms with Gasteiger partial charge in [0.2, 0.25) is 10.0 Å². The molecule has 114 valence electrons. The third-order valence-electron chi connectivity index (χ3n) is 2.31. The van der Waals surface area contributed by atoms with Crippen LogP contribution in [0.25, 0.3) is 0 Å². The van der Waals surface area contributed by atoms with Gasteiger partial charge in [-0.1, -0.05) is 0 Å². The standard InChI is InChI=1S/C8H14N4O6S2/c1-12(2)19(15,16)4-3-10-20(17,18)7-6(8(13)14)5-9-11-7/h5,10H,3-4H2,1-2H3,(H,9,11)(H,13,14). The average molecular weight is 326 g/mol. The Kier molecular flexibility index (Phi) is 4.86. The predicted molar refractivity (Wildman–Crippen MR) is 68.2 cm³/mol.